The largest absolute Gasteiger partial charge is 0.493 e. The summed E-state index contributed by atoms with van der Waals surface area (Å²) in [6.45, 7) is 4.36. The van der Waals surface area contributed by atoms with Crippen molar-refractivity contribution in [3.8, 4) is 11.5 Å². The summed E-state index contributed by atoms with van der Waals surface area (Å²) in [6.07, 6.45) is 0.948. The highest BCUT2D eigenvalue weighted by Gasteiger charge is 2.23. The zero-order valence-electron chi connectivity index (χ0n) is 13.1. The first kappa shape index (κ1) is 15.6. The maximum absolute atomic E-state index is 11.5. The van der Waals surface area contributed by atoms with Gasteiger partial charge in [0.2, 0.25) is 0 Å². The van der Waals surface area contributed by atoms with E-state index in [1.54, 1.807) is 14.2 Å². The highest BCUT2D eigenvalue weighted by atomic mass is 16.5. The van der Waals surface area contributed by atoms with Crippen LogP contribution in [0.5, 0.6) is 11.5 Å². The zero-order valence-corrected chi connectivity index (χ0v) is 13.1. The van der Waals surface area contributed by atoms with Crippen molar-refractivity contribution >= 4 is 5.97 Å². The highest BCUT2D eigenvalue weighted by Crippen LogP contribution is 2.33. The standard InChI is InChI=1S/C16H23NO4/c1-11(16(18)21-4)9-17-6-5-12-7-14(19-2)15(20-3)8-13(12)10-17/h7-8,11H,5-6,9-10H2,1-4H3. The molecule has 0 radical (unpaired) electrons. The molecule has 1 unspecified atom stereocenters. The number of carbonyl (C=O) groups excluding carboxylic acids is 1. The second kappa shape index (κ2) is 6.80. The SMILES string of the molecule is COC(=O)C(C)CN1CCc2cc(OC)c(OC)cc2C1. The fraction of sp³-hybridized carbons (Fsp3) is 0.562. The molecule has 1 aliphatic rings. The van der Waals surface area contributed by atoms with Gasteiger partial charge in [0.15, 0.2) is 11.5 Å². The first-order valence-electron chi connectivity index (χ1n) is 7.13. The van der Waals surface area contributed by atoms with Crippen LogP contribution in [0.3, 0.4) is 0 Å². The smallest absolute Gasteiger partial charge is 0.309 e. The molecule has 21 heavy (non-hydrogen) atoms. The van der Waals surface area contributed by atoms with E-state index in [1.165, 1.54) is 18.2 Å². The van der Waals surface area contributed by atoms with E-state index < -0.39 is 0 Å². The average Bonchev–Trinajstić information content (AvgIpc) is 2.52. The molecule has 0 spiro atoms. The molecule has 0 saturated heterocycles. The van der Waals surface area contributed by atoms with Gasteiger partial charge < -0.3 is 14.2 Å². The van der Waals surface area contributed by atoms with Crippen molar-refractivity contribution in [2.45, 2.75) is 19.9 Å². The number of carbonyl (C=O) groups is 1. The van der Waals surface area contributed by atoms with Crippen LogP contribution < -0.4 is 9.47 Å². The Labute approximate surface area is 125 Å². The molecule has 5 nitrogen and oxygen atoms in total. The van der Waals surface area contributed by atoms with Crippen molar-refractivity contribution in [2.75, 3.05) is 34.4 Å². The van der Waals surface area contributed by atoms with Crippen LogP contribution in [0.25, 0.3) is 0 Å². The van der Waals surface area contributed by atoms with E-state index in [0.717, 1.165) is 31.0 Å². The molecule has 1 heterocycles. The average molecular weight is 293 g/mol. The van der Waals surface area contributed by atoms with Crippen molar-refractivity contribution in [1.29, 1.82) is 0 Å². The molecule has 2 rings (SSSR count). The monoisotopic (exact) mass is 293 g/mol. The van der Waals surface area contributed by atoms with E-state index in [9.17, 15) is 4.79 Å². The number of ether oxygens (including phenoxy) is 3. The van der Waals surface area contributed by atoms with Crippen molar-refractivity contribution in [3.05, 3.63) is 23.3 Å². The minimum absolute atomic E-state index is 0.114. The van der Waals surface area contributed by atoms with Crippen molar-refractivity contribution in [2.24, 2.45) is 5.92 Å². The third-order valence-corrected chi connectivity index (χ3v) is 3.93. The number of benzene rings is 1. The number of rotatable bonds is 5. The Morgan fingerprint density at radius 1 is 1.19 bits per heavy atom. The quantitative estimate of drug-likeness (QED) is 0.776. The predicted molar refractivity (Wildman–Crippen MR) is 79.7 cm³/mol. The molecule has 1 aliphatic heterocycles. The van der Waals surface area contributed by atoms with Crippen molar-refractivity contribution in [3.63, 3.8) is 0 Å². The van der Waals surface area contributed by atoms with Gasteiger partial charge in [-0.25, -0.2) is 0 Å². The van der Waals surface area contributed by atoms with Gasteiger partial charge in [0, 0.05) is 19.6 Å². The second-order valence-corrected chi connectivity index (χ2v) is 5.39. The van der Waals surface area contributed by atoms with E-state index in [4.69, 9.17) is 14.2 Å². The van der Waals surface area contributed by atoms with Gasteiger partial charge in [-0.3, -0.25) is 9.69 Å². The second-order valence-electron chi connectivity index (χ2n) is 5.39. The molecule has 5 heteroatoms. The number of nitrogens with zero attached hydrogens (tertiary/aromatic N) is 1. The molecule has 116 valence electrons. The molecular weight excluding hydrogens is 270 g/mol. The number of fused-ring (bicyclic) bond motifs is 1. The predicted octanol–water partition coefficient (Wildman–Crippen LogP) is 1.87. The molecule has 1 atom stereocenters. The third-order valence-electron chi connectivity index (χ3n) is 3.93. The lowest BCUT2D eigenvalue weighted by atomic mass is 9.98. The van der Waals surface area contributed by atoms with E-state index in [1.807, 2.05) is 13.0 Å². The molecule has 0 aromatic heterocycles. The van der Waals surface area contributed by atoms with Crippen LogP contribution >= 0.6 is 0 Å². The maximum Gasteiger partial charge on any atom is 0.309 e. The minimum atomic E-state index is -0.159. The van der Waals surface area contributed by atoms with Crippen molar-refractivity contribution in [1.82, 2.24) is 4.90 Å². The lowest BCUT2D eigenvalue weighted by Gasteiger charge is -2.30. The lowest BCUT2D eigenvalue weighted by molar-refractivity contribution is -0.145. The molecule has 0 saturated carbocycles. The summed E-state index contributed by atoms with van der Waals surface area (Å²) >= 11 is 0. The molecule has 0 amide bonds. The Bertz CT molecular complexity index is 515. The Morgan fingerprint density at radius 3 is 2.38 bits per heavy atom. The molecular formula is C16H23NO4. The van der Waals surface area contributed by atoms with Crippen LogP contribution in [0.15, 0.2) is 12.1 Å². The van der Waals surface area contributed by atoms with Gasteiger partial charge in [0.25, 0.3) is 0 Å². The van der Waals surface area contributed by atoms with Gasteiger partial charge in [-0.05, 0) is 29.7 Å². The molecule has 0 bridgehead atoms. The Hall–Kier alpha value is -1.75. The molecule has 0 N–H and O–H groups in total. The van der Waals surface area contributed by atoms with Gasteiger partial charge >= 0.3 is 5.97 Å². The van der Waals surface area contributed by atoms with E-state index in [-0.39, 0.29) is 11.9 Å². The van der Waals surface area contributed by atoms with Crippen LogP contribution in [0.2, 0.25) is 0 Å². The summed E-state index contributed by atoms with van der Waals surface area (Å²) in [5.74, 6) is 1.25. The van der Waals surface area contributed by atoms with E-state index >= 15 is 0 Å². The first-order valence-corrected chi connectivity index (χ1v) is 7.13. The Kier molecular flexibility index (Phi) is 5.07. The topological polar surface area (TPSA) is 48.0 Å². The fourth-order valence-corrected chi connectivity index (χ4v) is 2.76. The fourth-order valence-electron chi connectivity index (χ4n) is 2.76. The molecule has 0 fully saturated rings. The number of hydrogen-bond acceptors (Lipinski definition) is 5. The van der Waals surface area contributed by atoms with E-state index in [2.05, 4.69) is 11.0 Å². The number of esters is 1. The maximum atomic E-state index is 11.5. The van der Waals surface area contributed by atoms with Gasteiger partial charge in [0.1, 0.15) is 0 Å². The van der Waals surface area contributed by atoms with Gasteiger partial charge in [-0.15, -0.1) is 0 Å². The molecule has 1 aromatic carbocycles. The van der Waals surface area contributed by atoms with Gasteiger partial charge in [-0.2, -0.15) is 0 Å². The first-order chi connectivity index (χ1) is 10.1. The van der Waals surface area contributed by atoms with Crippen LogP contribution in [0, 0.1) is 5.92 Å². The third kappa shape index (κ3) is 3.47. The molecule has 0 aliphatic carbocycles. The van der Waals surface area contributed by atoms with E-state index in [0.29, 0.717) is 6.54 Å². The van der Waals surface area contributed by atoms with Crippen LogP contribution in [0.4, 0.5) is 0 Å². The van der Waals surface area contributed by atoms with Crippen LogP contribution in [-0.4, -0.2) is 45.3 Å². The summed E-state index contributed by atoms with van der Waals surface area (Å²) in [6, 6.07) is 4.08. The zero-order chi connectivity index (χ0) is 15.4. The van der Waals surface area contributed by atoms with Crippen molar-refractivity contribution < 1.29 is 19.0 Å². The normalized spacial score (nSPS) is 16.0. The van der Waals surface area contributed by atoms with Gasteiger partial charge in [-0.1, -0.05) is 6.92 Å². The summed E-state index contributed by atoms with van der Waals surface area (Å²) in [7, 11) is 4.73. The summed E-state index contributed by atoms with van der Waals surface area (Å²) in [5.41, 5.74) is 2.52. The number of hydrogen-bond donors (Lipinski definition) is 0. The lowest BCUT2D eigenvalue weighted by Crippen LogP contribution is -2.36. The van der Waals surface area contributed by atoms with Crippen LogP contribution in [0.1, 0.15) is 18.1 Å². The Balaban J connectivity index is 2.11. The number of methoxy groups -OCH3 is 3. The summed E-state index contributed by atoms with van der Waals surface area (Å²) in [4.78, 5) is 13.8. The van der Waals surface area contributed by atoms with Crippen LogP contribution in [-0.2, 0) is 22.5 Å². The van der Waals surface area contributed by atoms with Gasteiger partial charge in [0.05, 0.1) is 27.2 Å². The summed E-state index contributed by atoms with van der Waals surface area (Å²) in [5, 5.41) is 0. The Morgan fingerprint density at radius 2 is 1.81 bits per heavy atom. The minimum Gasteiger partial charge on any atom is -0.493 e. The summed E-state index contributed by atoms with van der Waals surface area (Å²) < 4.78 is 15.5. The highest BCUT2D eigenvalue weighted by molar-refractivity contribution is 5.72. The molecule has 1 aromatic rings.